The van der Waals surface area contributed by atoms with Gasteiger partial charge in [0.25, 0.3) is 5.69 Å². The molecule has 2 aromatic carbocycles. The summed E-state index contributed by atoms with van der Waals surface area (Å²) < 4.78 is 34.6. The SMILES string of the molecule is COc1cccc(C(CBr)OCCc2ccc([N+](=O)[O-])cc2S(N)(=O)=O)c1. The fraction of sp³-hybridized carbons (Fsp3) is 0.294. The van der Waals surface area contributed by atoms with Crippen LogP contribution in [0.15, 0.2) is 47.4 Å². The lowest BCUT2D eigenvalue weighted by Gasteiger charge is -2.17. The summed E-state index contributed by atoms with van der Waals surface area (Å²) in [4.78, 5) is 9.94. The topological polar surface area (TPSA) is 122 Å². The zero-order valence-electron chi connectivity index (χ0n) is 14.5. The number of alkyl halides is 1. The summed E-state index contributed by atoms with van der Waals surface area (Å²) in [6.07, 6.45) is -0.0342. The second kappa shape index (κ2) is 9.27. The molecule has 2 rings (SSSR count). The van der Waals surface area contributed by atoms with Crippen LogP contribution in [0, 0.1) is 10.1 Å². The molecule has 0 spiro atoms. The zero-order chi connectivity index (χ0) is 20.0. The number of non-ortho nitro benzene ring substituents is 1. The second-order valence-electron chi connectivity index (χ2n) is 5.63. The Morgan fingerprint density at radius 3 is 2.59 bits per heavy atom. The van der Waals surface area contributed by atoms with Crippen LogP contribution >= 0.6 is 15.9 Å². The molecular formula is C17H19BrN2O6S. The zero-order valence-corrected chi connectivity index (χ0v) is 16.9. The van der Waals surface area contributed by atoms with Crippen molar-refractivity contribution in [2.75, 3.05) is 19.0 Å². The van der Waals surface area contributed by atoms with Gasteiger partial charge in [-0.15, -0.1) is 0 Å². The molecule has 0 saturated heterocycles. The molecule has 0 fully saturated rings. The predicted octanol–water partition coefficient (Wildman–Crippen LogP) is 2.95. The quantitative estimate of drug-likeness (QED) is 0.350. The number of hydrogen-bond donors (Lipinski definition) is 1. The van der Waals surface area contributed by atoms with Crippen molar-refractivity contribution in [1.82, 2.24) is 0 Å². The van der Waals surface area contributed by atoms with Crippen LogP contribution in [0.4, 0.5) is 5.69 Å². The number of methoxy groups -OCH3 is 1. The van der Waals surface area contributed by atoms with Gasteiger partial charge in [0.1, 0.15) is 5.75 Å². The van der Waals surface area contributed by atoms with Crippen LogP contribution in [0.1, 0.15) is 17.2 Å². The normalized spacial score (nSPS) is 12.6. The van der Waals surface area contributed by atoms with Crippen LogP contribution in [0.3, 0.4) is 0 Å². The summed E-state index contributed by atoms with van der Waals surface area (Å²) in [5.74, 6) is 0.703. The Morgan fingerprint density at radius 1 is 1.26 bits per heavy atom. The number of ether oxygens (including phenoxy) is 2. The summed E-state index contributed by atoms with van der Waals surface area (Å²) in [7, 11) is -2.52. The Balaban J connectivity index is 2.14. The highest BCUT2D eigenvalue weighted by atomic mass is 79.9. The summed E-state index contributed by atoms with van der Waals surface area (Å²) in [6.45, 7) is 0.202. The lowest BCUT2D eigenvalue weighted by Crippen LogP contribution is -2.16. The summed E-state index contributed by atoms with van der Waals surface area (Å²) >= 11 is 3.40. The van der Waals surface area contributed by atoms with E-state index in [1.54, 1.807) is 7.11 Å². The van der Waals surface area contributed by atoms with E-state index in [1.165, 1.54) is 12.1 Å². The molecule has 0 aliphatic heterocycles. The highest BCUT2D eigenvalue weighted by Gasteiger charge is 2.19. The van der Waals surface area contributed by atoms with E-state index in [2.05, 4.69) is 15.9 Å². The van der Waals surface area contributed by atoms with Crippen LogP contribution in [-0.2, 0) is 21.2 Å². The Morgan fingerprint density at radius 2 is 2.00 bits per heavy atom. The van der Waals surface area contributed by atoms with Gasteiger partial charge < -0.3 is 9.47 Å². The van der Waals surface area contributed by atoms with Gasteiger partial charge in [-0.1, -0.05) is 34.1 Å². The third-order valence-corrected chi connectivity index (χ3v) is 5.45. The van der Waals surface area contributed by atoms with E-state index in [0.29, 0.717) is 16.6 Å². The van der Waals surface area contributed by atoms with Crippen molar-refractivity contribution in [3.63, 3.8) is 0 Å². The molecule has 1 unspecified atom stereocenters. The van der Waals surface area contributed by atoms with Crippen molar-refractivity contribution in [2.45, 2.75) is 17.4 Å². The number of nitrogens with zero attached hydrogens (tertiary/aromatic N) is 1. The van der Waals surface area contributed by atoms with Gasteiger partial charge in [0.2, 0.25) is 10.0 Å². The molecule has 0 bridgehead atoms. The van der Waals surface area contributed by atoms with Gasteiger partial charge in [-0.3, -0.25) is 10.1 Å². The number of hydrogen-bond acceptors (Lipinski definition) is 6. The van der Waals surface area contributed by atoms with Crippen molar-refractivity contribution in [1.29, 1.82) is 0 Å². The molecular weight excluding hydrogens is 440 g/mol. The minimum Gasteiger partial charge on any atom is -0.497 e. The van der Waals surface area contributed by atoms with E-state index in [-0.39, 0.29) is 29.7 Å². The van der Waals surface area contributed by atoms with Crippen LogP contribution in [-0.4, -0.2) is 32.4 Å². The van der Waals surface area contributed by atoms with Gasteiger partial charge in [0, 0.05) is 17.5 Å². The molecule has 2 aromatic rings. The molecule has 0 aliphatic carbocycles. The highest BCUT2D eigenvalue weighted by Crippen LogP contribution is 2.25. The third-order valence-electron chi connectivity index (χ3n) is 3.86. The maximum atomic E-state index is 11.8. The van der Waals surface area contributed by atoms with Crippen molar-refractivity contribution in [3.8, 4) is 5.75 Å². The standard InChI is InChI=1S/C17H19BrN2O6S/c1-25-15-4-2-3-13(9-15)16(11-18)26-8-7-12-5-6-14(20(21)22)10-17(12)27(19,23)24/h2-6,9-10,16H,7-8,11H2,1H3,(H2,19,23,24). The Kier molecular flexibility index (Phi) is 7.31. The average molecular weight is 459 g/mol. The summed E-state index contributed by atoms with van der Waals surface area (Å²) in [5, 5.41) is 16.6. The van der Waals surface area contributed by atoms with E-state index >= 15 is 0 Å². The van der Waals surface area contributed by atoms with E-state index in [0.717, 1.165) is 11.6 Å². The summed E-state index contributed by atoms with van der Waals surface area (Å²) in [5.41, 5.74) is 0.932. The number of benzene rings is 2. The number of nitro benzene ring substituents is 1. The molecule has 0 saturated carbocycles. The highest BCUT2D eigenvalue weighted by molar-refractivity contribution is 9.09. The van der Waals surface area contributed by atoms with Crippen LogP contribution in [0.25, 0.3) is 0 Å². The first kappa shape index (κ1) is 21.3. The minimum absolute atomic E-state index is 0.202. The van der Waals surface area contributed by atoms with Crippen molar-refractivity contribution in [2.24, 2.45) is 5.14 Å². The van der Waals surface area contributed by atoms with Crippen LogP contribution in [0.5, 0.6) is 5.75 Å². The number of nitrogens with two attached hydrogens (primary N) is 1. The molecule has 1 atom stereocenters. The first-order valence-electron chi connectivity index (χ1n) is 7.88. The molecule has 146 valence electrons. The Labute approximate surface area is 165 Å². The van der Waals surface area contributed by atoms with Crippen molar-refractivity contribution in [3.05, 3.63) is 63.7 Å². The first-order valence-corrected chi connectivity index (χ1v) is 10.5. The van der Waals surface area contributed by atoms with Gasteiger partial charge >= 0.3 is 0 Å². The largest absolute Gasteiger partial charge is 0.497 e. The summed E-state index contributed by atoms with van der Waals surface area (Å²) in [6, 6.07) is 11.0. The van der Waals surface area contributed by atoms with Crippen molar-refractivity contribution < 1.29 is 22.8 Å². The van der Waals surface area contributed by atoms with E-state index in [4.69, 9.17) is 14.6 Å². The molecule has 8 nitrogen and oxygen atoms in total. The van der Waals surface area contributed by atoms with Gasteiger partial charge in [-0.25, -0.2) is 13.6 Å². The third kappa shape index (κ3) is 5.73. The molecule has 0 aliphatic rings. The maximum Gasteiger partial charge on any atom is 0.270 e. The van der Waals surface area contributed by atoms with E-state index < -0.39 is 14.9 Å². The number of sulfonamides is 1. The number of primary sulfonamides is 1. The average Bonchev–Trinajstić information content (AvgIpc) is 2.64. The number of halogens is 1. The van der Waals surface area contributed by atoms with E-state index in [1.807, 2.05) is 24.3 Å². The fourth-order valence-electron chi connectivity index (χ4n) is 2.51. The molecule has 0 amide bonds. The second-order valence-corrected chi connectivity index (χ2v) is 7.81. The number of rotatable bonds is 9. The lowest BCUT2D eigenvalue weighted by molar-refractivity contribution is -0.385. The lowest BCUT2D eigenvalue weighted by atomic mass is 10.1. The van der Waals surface area contributed by atoms with Crippen molar-refractivity contribution >= 4 is 31.6 Å². The Bertz CT molecular complexity index is 919. The Hall–Kier alpha value is -2.01. The smallest absolute Gasteiger partial charge is 0.270 e. The van der Waals surface area contributed by atoms with Gasteiger partial charge in [0.05, 0.1) is 29.6 Å². The number of nitro groups is 1. The molecule has 0 aromatic heterocycles. The van der Waals surface area contributed by atoms with Gasteiger partial charge in [0.15, 0.2) is 0 Å². The monoisotopic (exact) mass is 458 g/mol. The van der Waals surface area contributed by atoms with Gasteiger partial charge in [-0.05, 0) is 29.7 Å². The molecule has 27 heavy (non-hydrogen) atoms. The maximum absolute atomic E-state index is 11.8. The van der Waals surface area contributed by atoms with E-state index in [9.17, 15) is 18.5 Å². The molecule has 0 radical (unpaired) electrons. The predicted molar refractivity (Wildman–Crippen MR) is 104 cm³/mol. The van der Waals surface area contributed by atoms with Gasteiger partial charge in [-0.2, -0.15) is 0 Å². The minimum atomic E-state index is -4.09. The molecule has 0 heterocycles. The fourth-order valence-corrected chi connectivity index (χ4v) is 3.89. The van der Waals surface area contributed by atoms with Crippen LogP contribution in [0.2, 0.25) is 0 Å². The molecule has 2 N–H and O–H groups in total. The first-order chi connectivity index (χ1) is 12.8. The molecule has 10 heteroatoms. The van der Waals surface area contributed by atoms with Crippen LogP contribution < -0.4 is 9.88 Å².